The first-order chi connectivity index (χ1) is 7.84. The van der Waals surface area contributed by atoms with Crippen molar-refractivity contribution in [3.63, 3.8) is 0 Å². The average Bonchev–Trinajstić information content (AvgIpc) is 2.53. The van der Waals surface area contributed by atoms with Crippen molar-refractivity contribution in [1.82, 2.24) is 15.2 Å². The second-order valence-corrected chi connectivity index (χ2v) is 5.86. The maximum Gasteiger partial charge on any atom is 0.246 e. The molecule has 0 aromatic carbocycles. The first-order valence-electron chi connectivity index (χ1n) is 5.50. The van der Waals surface area contributed by atoms with Gasteiger partial charge in [0.1, 0.15) is 10.6 Å². The molecule has 6 nitrogen and oxygen atoms in total. The van der Waals surface area contributed by atoms with E-state index in [0.717, 1.165) is 0 Å². The zero-order chi connectivity index (χ0) is 13.1. The van der Waals surface area contributed by atoms with Gasteiger partial charge in [-0.15, -0.1) is 0 Å². The Morgan fingerprint density at radius 3 is 2.41 bits per heavy atom. The fraction of sp³-hybridized carbons (Fsp3) is 0.700. The van der Waals surface area contributed by atoms with E-state index in [-0.39, 0.29) is 4.90 Å². The smallest absolute Gasteiger partial charge is 0.246 e. The first-order valence-corrected chi connectivity index (χ1v) is 6.99. The lowest BCUT2D eigenvalue weighted by Gasteiger charge is -2.09. The molecule has 98 valence electrons. The minimum atomic E-state index is -3.52. The molecule has 0 aliphatic rings. The van der Waals surface area contributed by atoms with Crippen molar-refractivity contribution in [3.05, 3.63) is 11.5 Å². The summed E-state index contributed by atoms with van der Waals surface area (Å²) in [6.07, 6.45) is 0. The van der Waals surface area contributed by atoms with E-state index < -0.39 is 10.0 Å². The maximum atomic E-state index is 11.9. The van der Waals surface area contributed by atoms with Crippen molar-refractivity contribution in [2.45, 2.75) is 38.6 Å². The standard InChI is InChI=1S/C10H19N3O3S/c1-7(2)11-5-6-12-17(14,15)10-8(3)13-16-9(10)4/h7,11-12H,5-6H2,1-4H3. The molecule has 0 spiro atoms. The van der Waals surface area contributed by atoms with Crippen LogP contribution in [0.3, 0.4) is 0 Å². The quantitative estimate of drug-likeness (QED) is 0.731. The number of sulfonamides is 1. The summed E-state index contributed by atoms with van der Waals surface area (Å²) in [5, 5.41) is 6.76. The average molecular weight is 261 g/mol. The molecule has 0 unspecified atom stereocenters. The summed E-state index contributed by atoms with van der Waals surface area (Å²) >= 11 is 0. The molecule has 1 aromatic rings. The second-order valence-electron chi connectivity index (χ2n) is 4.16. The Kier molecular flexibility index (Phi) is 4.67. The summed E-state index contributed by atoms with van der Waals surface area (Å²) in [6.45, 7) is 8.12. The van der Waals surface area contributed by atoms with E-state index in [0.29, 0.717) is 30.6 Å². The highest BCUT2D eigenvalue weighted by Crippen LogP contribution is 2.17. The van der Waals surface area contributed by atoms with Crippen LogP contribution in [-0.2, 0) is 10.0 Å². The van der Waals surface area contributed by atoms with Crippen LogP contribution in [0.2, 0.25) is 0 Å². The molecule has 0 atom stereocenters. The second kappa shape index (κ2) is 5.61. The lowest BCUT2D eigenvalue weighted by Crippen LogP contribution is -2.34. The van der Waals surface area contributed by atoms with Crippen LogP contribution in [0.25, 0.3) is 0 Å². The molecule has 7 heteroatoms. The fourth-order valence-electron chi connectivity index (χ4n) is 1.48. The van der Waals surface area contributed by atoms with Gasteiger partial charge in [-0.1, -0.05) is 19.0 Å². The Labute approximate surface area is 102 Å². The largest absolute Gasteiger partial charge is 0.360 e. The zero-order valence-electron chi connectivity index (χ0n) is 10.6. The Morgan fingerprint density at radius 1 is 1.29 bits per heavy atom. The highest BCUT2D eigenvalue weighted by Gasteiger charge is 2.23. The number of aromatic nitrogens is 1. The van der Waals surface area contributed by atoms with E-state index in [1.165, 1.54) is 0 Å². The Hall–Kier alpha value is -0.920. The number of rotatable bonds is 6. The van der Waals surface area contributed by atoms with Gasteiger partial charge in [0, 0.05) is 19.1 Å². The number of nitrogens with one attached hydrogen (secondary N) is 2. The summed E-state index contributed by atoms with van der Waals surface area (Å²) < 4.78 is 31.2. The molecular weight excluding hydrogens is 242 g/mol. The monoisotopic (exact) mass is 261 g/mol. The highest BCUT2D eigenvalue weighted by atomic mass is 32.2. The Bertz CT molecular complexity index is 446. The third-order valence-electron chi connectivity index (χ3n) is 2.21. The van der Waals surface area contributed by atoms with Crippen molar-refractivity contribution in [2.24, 2.45) is 0 Å². The van der Waals surface area contributed by atoms with Crippen LogP contribution in [0.4, 0.5) is 0 Å². The van der Waals surface area contributed by atoms with Gasteiger partial charge in [0.05, 0.1) is 0 Å². The number of nitrogens with zero attached hydrogens (tertiary/aromatic N) is 1. The van der Waals surface area contributed by atoms with Crippen LogP contribution in [0.1, 0.15) is 25.3 Å². The summed E-state index contributed by atoms with van der Waals surface area (Å²) in [7, 11) is -3.52. The lowest BCUT2D eigenvalue weighted by atomic mass is 10.4. The van der Waals surface area contributed by atoms with E-state index in [1.807, 2.05) is 13.8 Å². The van der Waals surface area contributed by atoms with E-state index in [4.69, 9.17) is 4.52 Å². The third-order valence-corrected chi connectivity index (χ3v) is 3.91. The molecule has 0 aliphatic heterocycles. The van der Waals surface area contributed by atoms with E-state index >= 15 is 0 Å². The van der Waals surface area contributed by atoms with Crippen molar-refractivity contribution in [3.8, 4) is 0 Å². The topological polar surface area (TPSA) is 84.2 Å². The van der Waals surface area contributed by atoms with Crippen molar-refractivity contribution in [2.75, 3.05) is 13.1 Å². The van der Waals surface area contributed by atoms with E-state index in [1.54, 1.807) is 13.8 Å². The summed E-state index contributed by atoms with van der Waals surface area (Å²) in [4.78, 5) is 0.141. The molecule has 0 saturated heterocycles. The van der Waals surface area contributed by atoms with Crippen molar-refractivity contribution >= 4 is 10.0 Å². The SMILES string of the molecule is Cc1noc(C)c1S(=O)(=O)NCCNC(C)C. The van der Waals surface area contributed by atoms with Gasteiger partial charge < -0.3 is 9.84 Å². The van der Waals surface area contributed by atoms with Gasteiger partial charge in [0.2, 0.25) is 10.0 Å². The van der Waals surface area contributed by atoms with Crippen LogP contribution in [-0.4, -0.2) is 32.7 Å². The molecule has 0 amide bonds. The third kappa shape index (κ3) is 3.79. The Morgan fingerprint density at radius 2 is 1.94 bits per heavy atom. The van der Waals surface area contributed by atoms with Crippen LogP contribution >= 0.6 is 0 Å². The zero-order valence-corrected chi connectivity index (χ0v) is 11.4. The minimum Gasteiger partial charge on any atom is -0.360 e. The van der Waals surface area contributed by atoms with Gasteiger partial charge in [0.25, 0.3) is 0 Å². The predicted molar refractivity (Wildman–Crippen MR) is 64.3 cm³/mol. The van der Waals surface area contributed by atoms with Crippen LogP contribution < -0.4 is 10.0 Å². The number of hydrogen-bond donors (Lipinski definition) is 2. The summed E-state index contributed by atoms with van der Waals surface area (Å²) in [5.74, 6) is 0.312. The molecular formula is C10H19N3O3S. The number of aryl methyl sites for hydroxylation is 2. The van der Waals surface area contributed by atoms with Crippen LogP contribution in [0.5, 0.6) is 0 Å². The molecule has 1 aromatic heterocycles. The molecule has 17 heavy (non-hydrogen) atoms. The fourth-order valence-corrected chi connectivity index (χ4v) is 2.83. The van der Waals surface area contributed by atoms with Gasteiger partial charge in [-0.3, -0.25) is 0 Å². The molecule has 0 fully saturated rings. The molecule has 2 N–H and O–H groups in total. The van der Waals surface area contributed by atoms with Gasteiger partial charge in [-0.05, 0) is 13.8 Å². The van der Waals surface area contributed by atoms with E-state index in [2.05, 4.69) is 15.2 Å². The van der Waals surface area contributed by atoms with Gasteiger partial charge in [0.15, 0.2) is 5.76 Å². The first kappa shape index (κ1) is 14.1. The normalized spacial score (nSPS) is 12.3. The van der Waals surface area contributed by atoms with Gasteiger partial charge >= 0.3 is 0 Å². The van der Waals surface area contributed by atoms with Gasteiger partial charge in [-0.2, -0.15) is 0 Å². The van der Waals surface area contributed by atoms with Crippen LogP contribution in [0, 0.1) is 13.8 Å². The molecule has 0 saturated carbocycles. The Balaban J connectivity index is 2.64. The van der Waals surface area contributed by atoms with Gasteiger partial charge in [-0.25, -0.2) is 13.1 Å². The predicted octanol–water partition coefficient (Wildman–Crippen LogP) is 0.568. The van der Waals surface area contributed by atoms with Crippen molar-refractivity contribution in [1.29, 1.82) is 0 Å². The molecule has 0 aliphatic carbocycles. The summed E-state index contributed by atoms with van der Waals surface area (Å²) in [6, 6.07) is 0.332. The van der Waals surface area contributed by atoms with Crippen molar-refractivity contribution < 1.29 is 12.9 Å². The summed E-state index contributed by atoms with van der Waals surface area (Å²) in [5.41, 5.74) is 0.381. The van der Waals surface area contributed by atoms with E-state index in [9.17, 15) is 8.42 Å². The molecule has 1 rings (SSSR count). The van der Waals surface area contributed by atoms with Crippen LogP contribution in [0.15, 0.2) is 9.42 Å². The number of hydrogen-bond acceptors (Lipinski definition) is 5. The lowest BCUT2D eigenvalue weighted by molar-refractivity contribution is 0.390. The molecule has 1 heterocycles. The molecule has 0 radical (unpaired) electrons. The minimum absolute atomic E-state index is 0.141. The maximum absolute atomic E-state index is 11.9. The molecule has 0 bridgehead atoms. The highest BCUT2D eigenvalue weighted by molar-refractivity contribution is 7.89.